The molecule has 1 aliphatic heterocycles. The van der Waals surface area contributed by atoms with Crippen LogP contribution in [0.15, 0.2) is 83.9 Å². The van der Waals surface area contributed by atoms with Crippen molar-refractivity contribution in [3.05, 3.63) is 112 Å². The third-order valence-corrected chi connectivity index (χ3v) is 5.86. The van der Waals surface area contributed by atoms with Crippen molar-refractivity contribution in [3.63, 3.8) is 0 Å². The molecule has 8 N–H and O–H groups in total. The minimum Gasteiger partial charge on any atom is -0.398 e. The van der Waals surface area contributed by atoms with E-state index in [2.05, 4.69) is 16.0 Å². The van der Waals surface area contributed by atoms with Crippen LogP contribution in [0, 0.1) is 22.7 Å². The first-order valence-corrected chi connectivity index (χ1v) is 11.6. The van der Waals surface area contributed by atoms with Crippen molar-refractivity contribution in [1.82, 2.24) is 11.0 Å². The molecule has 5 rings (SSSR count). The van der Waals surface area contributed by atoms with E-state index in [1.807, 2.05) is 72.8 Å². The van der Waals surface area contributed by atoms with E-state index in [9.17, 15) is 0 Å². The van der Waals surface area contributed by atoms with Gasteiger partial charge < -0.3 is 21.9 Å². The minimum absolute atomic E-state index is 0.0603. The van der Waals surface area contributed by atoms with Gasteiger partial charge >= 0.3 is 0 Å². The first-order valence-electron chi connectivity index (χ1n) is 11.6. The molecule has 2 atom stereocenters. The summed E-state index contributed by atoms with van der Waals surface area (Å²) in [4.78, 5) is 4.08. The van der Waals surface area contributed by atoms with Gasteiger partial charge in [0.2, 0.25) is 0 Å². The van der Waals surface area contributed by atoms with E-state index in [1.54, 1.807) is 18.2 Å². The van der Waals surface area contributed by atoms with Crippen molar-refractivity contribution < 1.29 is 10.4 Å². The smallest absolute Gasteiger partial charge is 0.149 e. The summed E-state index contributed by atoms with van der Waals surface area (Å²) in [6, 6.07) is 26.9. The fourth-order valence-corrected chi connectivity index (χ4v) is 4.07. The monoisotopic (exact) mass is 495 g/mol. The summed E-state index contributed by atoms with van der Waals surface area (Å²) >= 11 is 0. The van der Waals surface area contributed by atoms with E-state index in [-0.39, 0.29) is 6.04 Å². The number of rotatable bonds is 3. The maximum Gasteiger partial charge on any atom is 0.149 e. The predicted molar refractivity (Wildman–Crippen MR) is 141 cm³/mol. The number of nitrogens with one attached hydrogen (secondary N) is 2. The Hall–Kier alpha value is -4.51. The molecule has 0 fully saturated rings. The molecule has 0 aromatic heterocycles. The molecule has 0 spiro atoms. The normalized spacial score (nSPS) is 17.0. The summed E-state index contributed by atoms with van der Waals surface area (Å²) in [5, 5.41) is 34.6. The number of amidine groups is 1. The van der Waals surface area contributed by atoms with Gasteiger partial charge in [-0.15, -0.1) is 0 Å². The average Bonchev–Trinajstić information content (AvgIpc) is 2.93. The van der Waals surface area contributed by atoms with Crippen molar-refractivity contribution in [3.8, 4) is 12.1 Å². The summed E-state index contributed by atoms with van der Waals surface area (Å²) < 4.78 is 0. The van der Waals surface area contributed by atoms with Crippen LogP contribution in [0.2, 0.25) is 0 Å². The van der Waals surface area contributed by atoms with Crippen molar-refractivity contribution >= 4 is 11.5 Å². The lowest BCUT2D eigenvalue weighted by Crippen LogP contribution is -2.30. The van der Waals surface area contributed by atoms with Crippen LogP contribution in [0.5, 0.6) is 0 Å². The second-order valence-corrected chi connectivity index (χ2v) is 8.35. The molecular formula is C28H29N7O2. The van der Waals surface area contributed by atoms with Crippen LogP contribution in [0.4, 0.5) is 0 Å². The molecular weight excluding hydrogens is 466 g/mol. The number of aliphatic imine (C=N–C) groups is 1. The highest BCUT2D eigenvalue weighted by Gasteiger charge is 2.18. The molecule has 37 heavy (non-hydrogen) atoms. The van der Waals surface area contributed by atoms with Gasteiger partial charge in [-0.1, -0.05) is 66.7 Å². The first kappa shape index (κ1) is 27.1. The molecule has 0 saturated heterocycles. The van der Waals surface area contributed by atoms with Crippen LogP contribution < -0.4 is 22.4 Å². The zero-order chi connectivity index (χ0) is 26.6. The standard InChI is InChI=1S/C10H12N2O.C9H11N3O.C9H6N2/c11-10-6-8(12-13)5-7-3-1-2-4-9(7)10;10-8-5-6-3-1-2-4-7(6)9(11-8)12-13;10-6-5-8-3-1-2-4-9(8)7-11/h1-4,6,8,12-13H,5,11H2;1-4,9,12-13H,5H2,(H2,10,11);1-4H,5H2. The number of nitrogens with zero attached hydrogens (tertiary/aromatic N) is 3. The predicted octanol–water partition coefficient (Wildman–Crippen LogP) is 3.09. The number of benzene rings is 3. The number of hydrogen-bond acceptors (Lipinski definition) is 9. The lowest BCUT2D eigenvalue weighted by Gasteiger charge is -2.20. The molecule has 1 aliphatic carbocycles. The molecule has 3 aromatic carbocycles. The number of fused-ring (bicyclic) bond motifs is 2. The minimum atomic E-state index is -0.412. The Labute approximate surface area is 215 Å². The van der Waals surface area contributed by atoms with Gasteiger partial charge in [-0.05, 0) is 40.8 Å². The second-order valence-electron chi connectivity index (χ2n) is 8.35. The molecule has 0 radical (unpaired) electrons. The topological polar surface area (TPSA) is 176 Å². The quantitative estimate of drug-likeness (QED) is 0.300. The Morgan fingerprint density at radius 2 is 1.57 bits per heavy atom. The first-order chi connectivity index (χ1) is 18.0. The molecule has 3 aromatic rings. The number of nitrogens with two attached hydrogens (primary N) is 2. The molecule has 188 valence electrons. The maximum atomic E-state index is 8.84. The van der Waals surface area contributed by atoms with E-state index in [0.29, 0.717) is 24.2 Å². The van der Waals surface area contributed by atoms with Crippen LogP contribution in [0.3, 0.4) is 0 Å². The average molecular weight is 496 g/mol. The van der Waals surface area contributed by atoms with Crippen molar-refractivity contribution in [2.45, 2.75) is 31.5 Å². The van der Waals surface area contributed by atoms with E-state index in [4.69, 9.17) is 32.4 Å². The van der Waals surface area contributed by atoms with Gasteiger partial charge in [0.05, 0.1) is 30.2 Å². The Kier molecular flexibility index (Phi) is 9.91. The lowest BCUT2D eigenvalue weighted by molar-refractivity contribution is 0.128. The third kappa shape index (κ3) is 7.24. The molecule has 0 saturated carbocycles. The molecule has 0 bridgehead atoms. The van der Waals surface area contributed by atoms with Crippen molar-refractivity contribution in [1.29, 1.82) is 10.5 Å². The Bertz CT molecular complexity index is 1350. The second kappa shape index (κ2) is 13.5. The summed E-state index contributed by atoms with van der Waals surface area (Å²) in [6.07, 6.45) is 3.18. The van der Waals surface area contributed by atoms with E-state index in [0.717, 1.165) is 34.4 Å². The number of hydrogen-bond donors (Lipinski definition) is 6. The van der Waals surface area contributed by atoms with Crippen LogP contribution in [0.1, 0.15) is 39.5 Å². The highest BCUT2D eigenvalue weighted by Crippen LogP contribution is 2.24. The van der Waals surface area contributed by atoms with Gasteiger partial charge in [-0.2, -0.15) is 21.5 Å². The molecule has 0 amide bonds. The van der Waals surface area contributed by atoms with Gasteiger partial charge in [0, 0.05) is 17.7 Å². The molecule has 9 heteroatoms. The lowest BCUT2D eigenvalue weighted by atomic mass is 9.92. The van der Waals surface area contributed by atoms with E-state index in [1.165, 1.54) is 5.56 Å². The maximum absolute atomic E-state index is 8.84. The Morgan fingerprint density at radius 3 is 2.27 bits per heavy atom. The fraction of sp³-hybridized carbons (Fsp3) is 0.179. The number of hydroxylamine groups is 2. The van der Waals surface area contributed by atoms with Gasteiger partial charge in [0.25, 0.3) is 0 Å². The summed E-state index contributed by atoms with van der Waals surface area (Å²) in [7, 11) is 0. The van der Waals surface area contributed by atoms with Gasteiger partial charge in [0.15, 0.2) is 0 Å². The largest absolute Gasteiger partial charge is 0.398 e. The van der Waals surface area contributed by atoms with Crippen LogP contribution >= 0.6 is 0 Å². The van der Waals surface area contributed by atoms with Crippen LogP contribution in [-0.4, -0.2) is 22.3 Å². The summed E-state index contributed by atoms with van der Waals surface area (Å²) in [6.45, 7) is 0. The number of nitriles is 2. The molecule has 2 aliphatic rings. The van der Waals surface area contributed by atoms with Crippen LogP contribution in [-0.2, 0) is 19.3 Å². The molecule has 1 heterocycles. The summed E-state index contributed by atoms with van der Waals surface area (Å²) in [5.74, 6) is 0.547. The van der Waals surface area contributed by atoms with E-state index < -0.39 is 6.17 Å². The van der Waals surface area contributed by atoms with Crippen molar-refractivity contribution in [2.24, 2.45) is 16.5 Å². The zero-order valence-electron chi connectivity index (χ0n) is 20.2. The van der Waals surface area contributed by atoms with Gasteiger partial charge in [0.1, 0.15) is 12.0 Å². The van der Waals surface area contributed by atoms with Crippen molar-refractivity contribution in [2.75, 3.05) is 0 Å². The fourth-order valence-electron chi connectivity index (χ4n) is 4.07. The zero-order valence-corrected chi connectivity index (χ0v) is 20.2. The Balaban J connectivity index is 0.000000155. The highest BCUT2D eigenvalue weighted by molar-refractivity contribution is 5.84. The van der Waals surface area contributed by atoms with Crippen LogP contribution in [0.25, 0.3) is 5.70 Å². The SMILES string of the molecule is N#CCc1ccccc1C#N.NC1=CC(NO)Cc2ccccc21.NC1=NC(NO)c2ccccc2C1. The third-order valence-electron chi connectivity index (χ3n) is 5.86. The Morgan fingerprint density at radius 1 is 0.892 bits per heavy atom. The van der Waals surface area contributed by atoms with E-state index >= 15 is 0 Å². The molecule has 2 unspecified atom stereocenters. The highest BCUT2D eigenvalue weighted by atomic mass is 16.5. The van der Waals surface area contributed by atoms with Gasteiger partial charge in [-0.3, -0.25) is 0 Å². The van der Waals surface area contributed by atoms with Gasteiger partial charge in [-0.25, -0.2) is 4.99 Å². The summed E-state index contributed by atoms with van der Waals surface area (Å²) in [5.41, 5.74) is 22.3. The molecule has 9 nitrogen and oxygen atoms in total.